The predicted octanol–water partition coefficient (Wildman–Crippen LogP) is 3.86. The predicted molar refractivity (Wildman–Crippen MR) is 76.2 cm³/mol. The molecule has 2 aromatic carbocycles. The maximum Gasteiger partial charge on any atom is 0.163 e. The molecule has 1 heterocycles. The van der Waals surface area contributed by atoms with Gasteiger partial charge in [0.2, 0.25) is 0 Å². The highest BCUT2D eigenvalue weighted by Gasteiger charge is 2.11. The first-order valence-electron chi connectivity index (χ1n) is 6.30. The van der Waals surface area contributed by atoms with E-state index in [0.717, 1.165) is 11.4 Å². The molecule has 0 saturated carbocycles. The van der Waals surface area contributed by atoms with Crippen LogP contribution in [0.1, 0.15) is 5.56 Å². The number of fused-ring (bicyclic) bond motifs is 1. The first-order chi connectivity index (χ1) is 9.72. The van der Waals surface area contributed by atoms with Crippen LogP contribution in [-0.4, -0.2) is 13.2 Å². The van der Waals surface area contributed by atoms with Crippen molar-refractivity contribution in [2.45, 2.75) is 6.54 Å². The van der Waals surface area contributed by atoms with Crippen molar-refractivity contribution in [3.05, 3.63) is 52.8 Å². The molecule has 1 aliphatic rings. The van der Waals surface area contributed by atoms with E-state index < -0.39 is 0 Å². The number of hydrogen-bond acceptors (Lipinski definition) is 3. The largest absolute Gasteiger partial charge is 0.486 e. The highest BCUT2D eigenvalue weighted by atomic mass is 35.5. The standard InChI is InChI=1S/C15H13ClFNO2/c16-11-1-3-13(17)10(7-11)9-18-12-2-4-14-15(8-12)20-6-5-19-14/h1-4,7-8,18H,5-6,9H2. The van der Waals surface area contributed by atoms with Crippen molar-refractivity contribution >= 4 is 17.3 Å². The monoisotopic (exact) mass is 293 g/mol. The number of hydrogen-bond donors (Lipinski definition) is 1. The Bertz CT molecular complexity index is 633. The number of rotatable bonds is 3. The molecule has 0 spiro atoms. The maximum absolute atomic E-state index is 13.6. The Morgan fingerprint density at radius 2 is 1.85 bits per heavy atom. The third-order valence-corrected chi connectivity index (χ3v) is 3.27. The van der Waals surface area contributed by atoms with Gasteiger partial charge in [0, 0.05) is 28.9 Å². The second-order valence-electron chi connectivity index (χ2n) is 4.45. The van der Waals surface area contributed by atoms with E-state index >= 15 is 0 Å². The Balaban J connectivity index is 1.73. The average molecular weight is 294 g/mol. The SMILES string of the molecule is Fc1ccc(Cl)cc1CNc1ccc2c(c1)OCCO2. The van der Waals surface area contributed by atoms with Gasteiger partial charge >= 0.3 is 0 Å². The molecule has 5 heteroatoms. The van der Waals surface area contributed by atoms with Crippen molar-refractivity contribution in [3.8, 4) is 11.5 Å². The fraction of sp³-hybridized carbons (Fsp3) is 0.200. The van der Waals surface area contributed by atoms with Gasteiger partial charge in [0.15, 0.2) is 11.5 Å². The van der Waals surface area contributed by atoms with E-state index in [4.69, 9.17) is 21.1 Å². The molecule has 0 saturated heterocycles. The van der Waals surface area contributed by atoms with Crippen LogP contribution in [0.3, 0.4) is 0 Å². The summed E-state index contributed by atoms with van der Waals surface area (Å²) in [5.74, 6) is 1.16. The van der Waals surface area contributed by atoms with E-state index in [1.165, 1.54) is 12.1 Å². The molecule has 0 aromatic heterocycles. The van der Waals surface area contributed by atoms with Crippen LogP contribution in [0.2, 0.25) is 5.02 Å². The molecule has 2 aromatic rings. The van der Waals surface area contributed by atoms with Crippen molar-refractivity contribution in [1.82, 2.24) is 0 Å². The fourth-order valence-electron chi connectivity index (χ4n) is 2.03. The van der Waals surface area contributed by atoms with Crippen molar-refractivity contribution in [3.63, 3.8) is 0 Å². The molecule has 1 aliphatic heterocycles. The smallest absolute Gasteiger partial charge is 0.163 e. The van der Waals surface area contributed by atoms with Gasteiger partial charge < -0.3 is 14.8 Å². The van der Waals surface area contributed by atoms with Crippen LogP contribution in [0.15, 0.2) is 36.4 Å². The van der Waals surface area contributed by atoms with E-state index in [9.17, 15) is 4.39 Å². The van der Waals surface area contributed by atoms with Gasteiger partial charge in [-0.1, -0.05) is 11.6 Å². The lowest BCUT2D eigenvalue weighted by Gasteiger charge is -2.19. The van der Waals surface area contributed by atoms with Crippen LogP contribution >= 0.6 is 11.6 Å². The highest BCUT2D eigenvalue weighted by Crippen LogP contribution is 2.32. The molecule has 20 heavy (non-hydrogen) atoms. The Kier molecular flexibility index (Phi) is 3.65. The van der Waals surface area contributed by atoms with Gasteiger partial charge in [0.05, 0.1) is 0 Å². The number of benzene rings is 2. The topological polar surface area (TPSA) is 30.5 Å². The van der Waals surface area contributed by atoms with Gasteiger partial charge in [-0.3, -0.25) is 0 Å². The Hall–Kier alpha value is -1.94. The van der Waals surface area contributed by atoms with Crippen molar-refractivity contribution < 1.29 is 13.9 Å². The Morgan fingerprint density at radius 1 is 1.05 bits per heavy atom. The summed E-state index contributed by atoms with van der Waals surface area (Å²) in [6.07, 6.45) is 0. The normalized spacial score (nSPS) is 13.1. The zero-order valence-electron chi connectivity index (χ0n) is 10.7. The van der Waals surface area contributed by atoms with Crippen LogP contribution < -0.4 is 14.8 Å². The molecular weight excluding hydrogens is 281 g/mol. The lowest BCUT2D eigenvalue weighted by atomic mass is 10.2. The zero-order chi connectivity index (χ0) is 13.9. The molecule has 0 fully saturated rings. The molecule has 0 amide bonds. The van der Waals surface area contributed by atoms with E-state index in [-0.39, 0.29) is 5.82 Å². The van der Waals surface area contributed by atoms with E-state index in [1.807, 2.05) is 18.2 Å². The van der Waals surface area contributed by atoms with Crippen molar-refractivity contribution in [1.29, 1.82) is 0 Å². The summed E-state index contributed by atoms with van der Waals surface area (Å²) in [6, 6.07) is 10.1. The molecule has 0 aliphatic carbocycles. The van der Waals surface area contributed by atoms with Crippen LogP contribution in [0.4, 0.5) is 10.1 Å². The maximum atomic E-state index is 13.6. The molecule has 3 rings (SSSR count). The average Bonchev–Trinajstić information content (AvgIpc) is 2.48. The highest BCUT2D eigenvalue weighted by molar-refractivity contribution is 6.30. The lowest BCUT2D eigenvalue weighted by molar-refractivity contribution is 0.171. The number of anilines is 1. The summed E-state index contributed by atoms with van der Waals surface area (Å²) >= 11 is 5.86. The first-order valence-corrected chi connectivity index (χ1v) is 6.67. The van der Waals surface area contributed by atoms with Gasteiger partial charge in [0.25, 0.3) is 0 Å². The minimum atomic E-state index is -0.278. The lowest BCUT2D eigenvalue weighted by Crippen LogP contribution is -2.15. The van der Waals surface area contributed by atoms with Gasteiger partial charge in [-0.15, -0.1) is 0 Å². The third-order valence-electron chi connectivity index (χ3n) is 3.03. The first kappa shape index (κ1) is 13.1. The molecule has 104 valence electrons. The number of halogens is 2. The summed E-state index contributed by atoms with van der Waals surface area (Å²) in [4.78, 5) is 0. The molecular formula is C15H13ClFNO2. The summed E-state index contributed by atoms with van der Waals surface area (Å²) in [5.41, 5.74) is 1.36. The van der Waals surface area contributed by atoms with E-state index in [2.05, 4.69) is 5.32 Å². The van der Waals surface area contributed by atoms with Crippen molar-refractivity contribution in [2.75, 3.05) is 18.5 Å². The fourth-order valence-corrected chi connectivity index (χ4v) is 2.22. The molecule has 1 N–H and O–H groups in total. The third kappa shape index (κ3) is 2.80. The van der Waals surface area contributed by atoms with Crippen molar-refractivity contribution in [2.24, 2.45) is 0 Å². The van der Waals surface area contributed by atoms with Gasteiger partial charge in [-0.05, 0) is 30.3 Å². The summed E-state index contributed by atoms with van der Waals surface area (Å²) < 4.78 is 24.5. The minimum absolute atomic E-state index is 0.278. The molecule has 0 unspecified atom stereocenters. The van der Waals surface area contributed by atoms with Crippen LogP contribution in [0, 0.1) is 5.82 Å². The Labute approximate surface area is 121 Å². The Morgan fingerprint density at radius 3 is 2.70 bits per heavy atom. The molecule has 0 radical (unpaired) electrons. The second kappa shape index (κ2) is 5.59. The quantitative estimate of drug-likeness (QED) is 0.932. The van der Waals surface area contributed by atoms with Gasteiger partial charge in [-0.2, -0.15) is 0 Å². The van der Waals surface area contributed by atoms with Gasteiger partial charge in [0.1, 0.15) is 19.0 Å². The minimum Gasteiger partial charge on any atom is -0.486 e. The van der Waals surface area contributed by atoms with Crippen LogP contribution in [0.25, 0.3) is 0 Å². The van der Waals surface area contributed by atoms with E-state index in [1.54, 1.807) is 6.07 Å². The molecule has 3 nitrogen and oxygen atoms in total. The molecule has 0 atom stereocenters. The summed E-state index contributed by atoms with van der Waals surface area (Å²) in [5, 5.41) is 3.66. The van der Waals surface area contributed by atoms with Crippen LogP contribution in [-0.2, 0) is 6.54 Å². The number of ether oxygens (including phenoxy) is 2. The zero-order valence-corrected chi connectivity index (χ0v) is 11.4. The number of nitrogens with one attached hydrogen (secondary N) is 1. The second-order valence-corrected chi connectivity index (χ2v) is 4.88. The molecule has 0 bridgehead atoms. The van der Waals surface area contributed by atoms with Gasteiger partial charge in [-0.25, -0.2) is 4.39 Å². The van der Waals surface area contributed by atoms with E-state index in [0.29, 0.717) is 36.1 Å². The van der Waals surface area contributed by atoms with Crippen LogP contribution in [0.5, 0.6) is 11.5 Å². The summed E-state index contributed by atoms with van der Waals surface area (Å²) in [6.45, 7) is 1.46. The summed E-state index contributed by atoms with van der Waals surface area (Å²) in [7, 11) is 0.